The lowest BCUT2D eigenvalue weighted by molar-refractivity contribution is -0.384. The highest BCUT2D eigenvalue weighted by Gasteiger charge is 2.33. The second-order valence-electron chi connectivity index (χ2n) is 8.39. The van der Waals surface area contributed by atoms with Gasteiger partial charge in [-0.1, -0.05) is 47.5 Å². The van der Waals surface area contributed by atoms with Crippen molar-refractivity contribution in [2.45, 2.75) is 31.3 Å². The van der Waals surface area contributed by atoms with Crippen molar-refractivity contribution in [1.82, 2.24) is 10.2 Å². The van der Waals surface area contributed by atoms with Gasteiger partial charge in [0, 0.05) is 40.8 Å². The van der Waals surface area contributed by atoms with E-state index in [9.17, 15) is 28.1 Å². The fourth-order valence-corrected chi connectivity index (χ4v) is 5.70. The van der Waals surface area contributed by atoms with Gasteiger partial charge in [-0.3, -0.25) is 24.0 Å². The minimum Gasteiger partial charge on any atom is -0.355 e. The molecule has 0 saturated carbocycles. The first-order chi connectivity index (χ1) is 18.5. The zero-order chi connectivity index (χ0) is 28.7. The molecule has 0 bridgehead atoms. The Morgan fingerprint density at radius 3 is 2.10 bits per heavy atom. The minimum atomic E-state index is -4.30. The molecule has 13 heteroatoms. The van der Waals surface area contributed by atoms with E-state index in [-0.39, 0.29) is 32.9 Å². The van der Waals surface area contributed by atoms with Gasteiger partial charge < -0.3 is 10.2 Å². The number of anilines is 1. The van der Waals surface area contributed by atoms with Crippen molar-refractivity contribution < 1.29 is 22.9 Å². The van der Waals surface area contributed by atoms with Gasteiger partial charge >= 0.3 is 0 Å². The molecule has 0 saturated heterocycles. The molecule has 3 aromatic rings. The van der Waals surface area contributed by atoms with Gasteiger partial charge in [0.15, 0.2) is 0 Å². The predicted octanol–water partition coefficient (Wildman–Crippen LogP) is 4.65. The molecule has 0 aliphatic rings. The Balaban J connectivity index is 2.07. The van der Waals surface area contributed by atoms with Crippen molar-refractivity contribution in [3.63, 3.8) is 0 Å². The zero-order valence-electron chi connectivity index (χ0n) is 21.1. The fourth-order valence-electron chi connectivity index (χ4n) is 3.75. The highest BCUT2D eigenvalue weighted by atomic mass is 35.5. The Morgan fingerprint density at radius 2 is 1.56 bits per heavy atom. The summed E-state index contributed by atoms with van der Waals surface area (Å²) in [4.78, 5) is 38.2. The zero-order valence-corrected chi connectivity index (χ0v) is 23.4. The minimum absolute atomic E-state index is 0.0270. The molecule has 0 fully saturated rings. The topological polar surface area (TPSA) is 130 Å². The number of halogens is 2. The molecule has 1 unspecified atom stereocenters. The van der Waals surface area contributed by atoms with E-state index >= 15 is 0 Å². The van der Waals surface area contributed by atoms with Gasteiger partial charge in [-0.15, -0.1) is 0 Å². The van der Waals surface area contributed by atoms with Gasteiger partial charge in [0.05, 0.1) is 15.5 Å². The molecule has 39 heavy (non-hydrogen) atoms. The molecule has 3 aromatic carbocycles. The van der Waals surface area contributed by atoms with E-state index in [4.69, 9.17) is 23.2 Å². The Labute approximate surface area is 236 Å². The van der Waals surface area contributed by atoms with Gasteiger partial charge in [0.2, 0.25) is 11.8 Å². The summed E-state index contributed by atoms with van der Waals surface area (Å²) < 4.78 is 28.2. The molecule has 3 rings (SSSR count). The first-order valence-electron chi connectivity index (χ1n) is 11.8. The van der Waals surface area contributed by atoms with Crippen molar-refractivity contribution in [1.29, 1.82) is 0 Å². The van der Waals surface area contributed by atoms with Gasteiger partial charge in [0.25, 0.3) is 15.7 Å². The van der Waals surface area contributed by atoms with Crippen molar-refractivity contribution >= 4 is 56.4 Å². The summed E-state index contributed by atoms with van der Waals surface area (Å²) in [5, 5.41) is 14.3. The SMILES string of the molecule is CCNC(=O)C(C)N(Cc1c(Cl)cccc1Cl)C(=O)CN(c1ccc([N+](=O)[O-])cc1)S(=O)(=O)c1ccccc1. The van der Waals surface area contributed by atoms with Gasteiger partial charge in [0.1, 0.15) is 12.6 Å². The van der Waals surface area contributed by atoms with Crippen molar-refractivity contribution in [3.8, 4) is 0 Å². The molecule has 1 N–H and O–H groups in total. The van der Waals surface area contributed by atoms with Crippen LogP contribution in [0.5, 0.6) is 0 Å². The summed E-state index contributed by atoms with van der Waals surface area (Å²) in [5.74, 6) is -1.18. The van der Waals surface area contributed by atoms with Crippen LogP contribution in [0.15, 0.2) is 77.7 Å². The lowest BCUT2D eigenvalue weighted by atomic mass is 10.1. The smallest absolute Gasteiger partial charge is 0.269 e. The average Bonchev–Trinajstić information content (AvgIpc) is 2.91. The summed E-state index contributed by atoms with van der Waals surface area (Å²) in [6.45, 7) is 2.67. The largest absolute Gasteiger partial charge is 0.355 e. The Kier molecular flexibility index (Phi) is 9.90. The van der Waals surface area contributed by atoms with Crippen molar-refractivity contribution in [3.05, 3.63) is 98.5 Å². The normalized spacial score (nSPS) is 11.9. The third-order valence-corrected chi connectivity index (χ3v) is 8.36. The number of amides is 2. The van der Waals surface area contributed by atoms with Crippen molar-refractivity contribution in [2.24, 2.45) is 0 Å². The summed E-state index contributed by atoms with van der Waals surface area (Å²) in [7, 11) is -4.30. The van der Waals surface area contributed by atoms with Crippen LogP contribution in [-0.2, 0) is 26.2 Å². The molecule has 206 valence electrons. The number of sulfonamides is 1. The number of non-ortho nitro benzene ring substituents is 1. The number of benzene rings is 3. The lowest BCUT2D eigenvalue weighted by Crippen LogP contribution is -2.51. The third kappa shape index (κ3) is 7.05. The third-order valence-electron chi connectivity index (χ3n) is 5.87. The number of nitrogens with zero attached hydrogens (tertiary/aromatic N) is 3. The Bertz CT molecular complexity index is 1430. The number of likely N-dealkylation sites (N-methyl/N-ethyl adjacent to an activating group) is 1. The van der Waals surface area contributed by atoms with Gasteiger partial charge in [-0.25, -0.2) is 8.42 Å². The fraction of sp³-hybridized carbons (Fsp3) is 0.231. The molecule has 10 nitrogen and oxygen atoms in total. The highest BCUT2D eigenvalue weighted by molar-refractivity contribution is 7.92. The van der Waals surface area contributed by atoms with Gasteiger partial charge in [-0.2, -0.15) is 0 Å². The molecule has 0 heterocycles. The second-order valence-corrected chi connectivity index (χ2v) is 11.1. The van der Waals surface area contributed by atoms with Crippen LogP contribution in [0.3, 0.4) is 0 Å². The quantitative estimate of drug-likeness (QED) is 0.255. The van der Waals surface area contributed by atoms with Crippen LogP contribution in [0, 0.1) is 10.1 Å². The van der Waals surface area contributed by atoms with E-state index in [0.29, 0.717) is 12.1 Å². The van der Waals surface area contributed by atoms with E-state index in [2.05, 4.69) is 5.32 Å². The number of carbonyl (C=O) groups is 2. The van der Waals surface area contributed by atoms with Crippen LogP contribution >= 0.6 is 23.2 Å². The van der Waals surface area contributed by atoms with E-state index in [1.807, 2.05) is 0 Å². The Hall–Kier alpha value is -3.67. The molecule has 1 atom stereocenters. The second kappa shape index (κ2) is 12.9. The summed E-state index contributed by atoms with van der Waals surface area (Å²) in [6.07, 6.45) is 0. The number of rotatable bonds is 11. The summed E-state index contributed by atoms with van der Waals surface area (Å²) in [5.41, 5.74) is 0.166. The maximum absolute atomic E-state index is 13.8. The predicted molar refractivity (Wildman–Crippen MR) is 149 cm³/mol. The number of nitrogens with one attached hydrogen (secondary N) is 1. The van der Waals surface area contributed by atoms with E-state index in [0.717, 1.165) is 16.4 Å². The lowest BCUT2D eigenvalue weighted by Gasteiger charge is -2.32. The summed E-state index contributed by atoms with van der Waals surface area (Å²) >= 11 is 12.7. The highest BCUT2D eigenvalue weighted by Crippen LogP contribution is 2.29. The van der Waals surface area contributed by atoms with E-state index < -0.39 is 39.3 Å². The monoisotopic (exact) mass is 592 g/mol. The van der Waals surface area contributed by atoms with E-state index in [1.165, 1.54) is 48.2 Å². The maximum Gasteiger partial charge on any atom is 0.269 e. The molecule has 2 amide bonds. The van der Waals surface area contributed by atoms with Crippen molar-refractivity contribution in [2.75, 3.05) is 17.4 Å². The van der Waals surface area contributed by atoms with E-state index in [1.54, 1.807) is 31.2 Å². The average molecular weight is 593 g/mol. The number of hydrogen-bond acceptors (Lipinski definition) is 6. The Morgan fingerprint density at radius 1 is 0.974 bits per heavy atom. The van der Waals surface area contributed by atoms with Gasteiger partial charge in [-0.05, 0) is 50.2 Å². The molecular formula is C26H26Cl2N4O6S. The molecule has 0 aliphatic heterocycles. The molecule has 0 aromatic heterocycles. The first-order valence-corrected chi connectivity index (χ1v) is 14.0. The number of nitro groups is 1. The van der Waals surface area contributed by atoms with Crippen LogP contribution in [0.2, 0.25) is 10.0 Å². The molecular weight excluding hydrogens is 567 g/mol. The molecule has 0 radical (unpaired) electrons. The maximum atomic E-state index is 13.8. The number of nitro benzene ring substituents is 1. The van der Waals surface area contributed by atoms with Crippen LogP contribution in [0.4, 0.5) is 11.4 Å². The van der Waals surface area contributed by atoms with Crippen LogP contribution in [0.1, 0.15) is 19.4 Å². The summed E-state index contributed by atoms with van der Waals surface area (Å²) in [6, 6.07) is 16.0. The van der Waals surface area contributed by atoms with Crippen LogP contribution < -0.4 is 9.62 Å². The first kappa shape index (κ1) is 29.9. The van der Waals surface area contributed by atoms with Crippen LogP contribution in [-0.4, -0.2) is 49.2 Å². The molecule has 0 spiro atoms. The number of hydrogen-bond donors (Lipinski definition) is 1. The van der Waals surface area contributed by atoms with Crippen LogP contribution in [0.25, 0.3) is 0 Å². The number of carbonyl (C=O) groups excluding carboxylic acids is 2. The standard InChI is InChI=1S/C26H26Cl2N4O6S/c1-3-29-26(34)18(2)30(16-22-23(27)10-7-11-24(22)28)25(33)17-31(19-12-14-20(15-13-19)32(35)36)39(37,38)21-8-5-4-6-9-21/h4-15,18H,3,16-17H2,1-2H3,(H,29,34). The molecule has 0 aliphatic carbocycles.